The molecule has 0 radical (unpaired) electrons. The third-order valence-corrected chi connectivity index (χ3v) is 5.32. The van der Waals surface area contributed by atoms with Crippen LogP contribution < -0.4 is 5.32 Å². The van der Waals surface area contributed by atoms with Crippen LogP contribution in [0.25, 0.3) is 0 Å². The van der Waals surface area contributed by atoms with Gasteiger partial charge in [0, 0.05) is 12.5 Å². The lowest BCUT2D eigenvalue weighted by Gasteiger charge is -2.41. The molecule has 128 valence electrons. The average Bonchev–Trinajstić information content (AvgIpc) is 2.47. The zero-order valence-corrected chi connectivity index (χ0v) is 14.9. The van der Waals surface area contributed by atoms with Crippen LogP contribution in [0.5, 0.6) is 5.75 Å². The predicted molar refractivity (Wildman–Crippen MR) is 94.3 cm³/mol. The molecule has 2 N–H and O–H groups in total. The van der Waals surface area contributed by atoms with Gasteiger partial charge in [0.25, 0.3) is 0 Å². The maximum Gasteiger partial charge on any atom is 0.223 e. The summed E-state index contributed by atoms with van der Waals surface area (Å²) in [6, 6.07) is 7.32. The number of nitrogens with one attached hydrogen (secondary N) is 1. The second kappa shape index (κ2) is 7.37. The third-order valence-electron chi connectivity index (χ3n) is 5.32. The van der Waals surface area contributed by atoms with E-state index in [1.165, 1.54) is 6.42 Å². The Kier molecular flexibility index (Phi) is 5.72. The van der Waals surface area contributed by atoms with Crippen molar-refractivity contribution in [2.75, 3.05) is 6.54 Å². The first kappa shape index (κ1) is 17.8. The van der Waals surface area contributed by atoms with Gasteiger partial charge in [-0.15, -0.1) is 0 Å². The molecule has 0 aromatic heterocycles. The molecule has 0 aliphatic heterocycles. The molecule has 0 heterocycles. The van der Waals surface area contributed by atoms with Gasteiger partial charge in [0.1, 0.15) is 5.75 Å². The van der Waals surface area contributed by atoms with Crippen molar-refractivity contribution in [3.05, 3.63) is 29.8 Å². The highest BCUT2D eigenvalue weighted by atomic mass is 16.3. The Hall–Kier alpha value is -1.51. The van der Waals surface area contributed by atoms with E-state index in [2.05, 4.69) is 33.0 Å². The number of aromatic hydroxyl groups is 1. The Morgan fingerprint density at radius 1 is 1.35 bits per heavy atom. The second-order valence-corrected chi connectivity index (χ2v) is 8.09. The highest BCUT2D eigenvalue weighted by Crippen LogP contribution is 2.44. The van der Waals surface area contributed by atoms with Crippen LogP contribution >= 0.6 is 0 Å². The molecule has 1 fully saturated rings. The molecule has 0 saturated heterocycles. The molecule has 1 saturated carbocycles. The molecular weight excluding hydrogens is 286 g/mol. The van der Waals surface area contributed by atoms with Crippen LogP contribution in [0.2, 0.25) is 0 Å². The SMILES string of the molecule is CC(C)C1CCC(C)(C)CC1C(=O)NCCc1ccccc1O. The number of phenolic OH excluding ortho intramolecular Hbond substituents is 1. The number of carbonyl (C=O) groups is 1. The fraction of sp³-hybridized carbons (Fsp3) is 0.650. The summed E-state index contributed by atoms with van der Waals surface area (Å²) in [5.41, 5.74) is 1.14. The lowest BCUT2D eigenvalue weighted by atomic mass is 9.64. The Morgan fingerprint density at radius 3 is 2.70 bits per heavy atom. The van der Waals surface area contributed by atoms with Crippen LogP contribution in [0.4, 0.5) is 0 Å². The highest BCUT2D eigenvalue weighted by Gasteiger charge is 2.39. The molecular formula is C20H31NO2. The van der Waals surface area contributed by atoms with Crippen LogP contribution in [0.15, 0.2) is 24.3 Å². The van der Waals surface area contributed by atoms with Crippen molar-refractivity contribution < 1.29 is 9.90 Å². The lowest BCUT2D eigenvalue weighted by molar-refractivity contribution is -0.130. The Morgan fingerprint density at radius 2 is 2.04 bits per heavy atom. The predicted octanol–water partition coefficient (Wildman–Crippen LogP) is 4.15. The van der Waals surface area contributed by atoms with Crippen molar-refractivity contribution in [2.45, 2.75) is 53.4 Å². The largest absolute Gasteiger partial charge is 0.508 e. The number of amides is 1. The Labute approximate surface area is 140 Å². The minimum atomic E-state index is 0.114. The van der Waals surface area contributed by atoms with Crippen molar-refractivity contribution in [3.8, 4) is 5.75 Å². The number of rotatable bonds is 5. The smallest absolute Gasteiger partial charge is 0.223 e. The molecule has 1 aliphatic rings. The van der Waals surface area contributed by atoms with E-state index in [0.29, 0.717) is 30.6 Å². The molecule has 0 spiro atoms. The van der Waals surface area contributed by atoms with Gasteiger partial charge in [0.15, 0.2) is 0 Å². The lowest BCUT2D eigenvalue weighted by Crippen LogP contribution is -2.43. The first-order valence-corrected chi connectivity index (χ1v) is 8.85. The first-order valence-electron chi connectivity index (χ1n) is 8.85. The van der Waals surface area contributed by atoms with Gasteiger partial charge in [-0.25, -0.2) is 0 Å². The van der Waals surface area contributed by atoms with E-state index in [9.17, 15) is 9.90 Å². The van der Waals surface area contributed by atoms with E-state index in [0.717, 1.165) is 18.4 Å². The molecule has 0 bridgehead atoms. The number of hydrogen-bond acceptors (Lipinski definition) is 2. The van der Waals surface area contributed by atoms with Crippen LogP contribution in [-0.2, 0) is 11.2 Å². The fourth-order valence-electron chi connectivity index (χ4n) is 3.87. The summed E-state index contributed by atoms with van der Waals surface area (Å²) in [6.07, 6.45) is 3.98. The molecule has 2 rings (SSSR count). The van der Waals surface area contributed by atoms with Gasteiger partial charge in [-0.3, -0.25) is 4.79 Å². The van der Waals surface area contributed by atoms with Crippen LogP contribution in [0.3, 0.4) is 0 Å². The standard InChI is InChI=1S/C20H31NO2/c1-14(2)16-9-11-20(3,4)13-17(16)19(23)21-12-10-15-7-5-6-8-18(15)22/h5-8,14,16-17,22H,9-13H2,1-4H3,(H,21,23). The number of hydrogen-bond donors (Lipinski definition) is 2. The van der Waals surface area contributed by atoms with E-state index in [1.807, 2.05) is 18.2 Å². The third kappa shape index (κ3) is 4.73. The summed E-state index contributed by atoms with van der Waals surface area (Å²) in [6.45, 7) is 9.58. The van der Waals surface area contributed by atoms with E-state index >= 15 is 0 Å². The molecule has 2 unspecified atom stereocenters. The van der Waals surface area contributed by atoms with Gasteiger partial charge < -0.3 is 10.4 Å². The van der Waals surface area contributed by atoms with Crippen molar-refractivity contribution in [2.24, 2.45) is 23.2 Å². The van der Waals surface area contributed by atoms with Gasteiger partial charge in [-0.05, 0) is 54.6 Å². The Bertz CT molecular complexity index is 536. The van der Waals surface area contributed by atoms with Gasteiger partial charge in [-0.2, -0.15) is 0 Å². The van der Waals surface area contributed by atoms with Crippen LogP contribution in [0, 0.1) is 23.2 Å². The summed E-state index contributed by atoms with van der Waals surface area (Å²) >= 11 is 0. The van der Waals surface area contributed by atoms with Crippen molar-refractivity contribution in [3.63, 3.8) is 0 Å². The number of carbonyl (C=O) groups excluding carboxylic acids is 1. The molecule has 23 heavy (non-hydrogen) atoms. The zero-order chi connectivity index (χ0) is 17.0. The molecule has 1 aromatic carbocycles. The van der Waals surface area contributed by atoms with Gasteiger partial charge in [0.2, 0.25) is 5.91 Å². The highest BCUT2D eigenvalue weighted by molar-refractivity contribution is 5.79. The topological polar surface area (TPSA) is 49.3 Å². The molecule has 2 atom stereocenters. The van der Waals surface area contributed by atoms with Gasteiger partial charge >= 0.3 is 0 Å². The second-order valence-electron chi connectivity index (χ2n) is 8.09. The van der Waals surface area contributed by atoms with Crippen LogP contribution in [-0.4, -0.2) is 17.6 Å². The summed E-state index contributed by atoms with van der Waals surface area (Å²) < 4.78 is 0. The summed E-state index contributed by atoms with van der Waals surface area (Å²) in [5.74, 6) is 1.63. The zero-order valence-electron chi connectivity index (χ0n) is 14.9. The van der Waals surface area contributed by atoms with Crippen molar-refractivity contribution >= 4 is 5.91 Å². The summed E-state index contributed by atoms with van der Waals surface area (Å²) in [4.78, 5) is 12.7. The number of para-hydroxylation sites is 1. The molecule has 1 aromatic rings. The average molecular weight is 317 g/mol. The van der Waals surface area contributed by atoms with E-state index < -0.39 is 0 Å². The van der Waals surface area contributed by atoms with E-state index in [1.54, 1.807) is 6.07 Å². The Balaban J connectivity index is 1.93. The molecule has 1 amide bonds. The quantitative estimate of drug-likeness (QED) is 0.857. The maximum atomic E-state index is 12.7. The number of phenols is 1. The van der Waals surface area contributed by atoms with E-state index in [4.69, 9.17) is 0 Å². The first-order chi connectivity index (χ1) is 10.8. The van der Waals surface area contributed by atoms with Crippen molar-refractivity contribution in [1.29, 1.82) is 0 Å². The minimum Gasteiger partial charge on any atom is -0.508 e. The molecule has 3 heteroatoms. The summed E-state index contributed by atoms with van der Waals surface area (Å²) in [7, 11) is 0. The normalized spacial score (nSPS) is 23.7. The van der Waals surface area contributed by atoms with E-state index in [-0.39, 0.29) is 17.2 Å². The van der Waals surface area contributed by atoms with Gasteiger partial charge in [0.05, 0.1) is 0 Å². The fourth-order valence-corrected chi connectivity index (χ4v) is 3.87. The number of benzene rings is 1. The van der Waals surface area contributed by atoms with Gasteiger partial charge in [-0.1, -0.05) is 45.9 Å². The molecule has 1 aliphatic carbocycles. The van der Waals surface area contributed by atoms with Crippen LogP contribution in [0.1, 0.15) is 52.5 Å². The maximum absolute atomic E-state index is 12.7. The molecule has 3 nitrogen and oxygen atoms in total. The summed E-state index contributed by atoms with van der Waals surface area (Å²) in [5, 5.41) is 12.9. The minimum absolute atomic E-state index is 0.114. The monoisotopic (exact) mass is 317 g/mol. The van der Waals surface area contributed by atoms with Crippen molar-refractivity contribution in [1.82, 2.24) is 5.32 Å².